The standard InChI is InChI=1S/C20H20N2O2/c1-15-7-5-11-21-18(15)14-22-20(23)13-17(19-10-6-12-24-19)16-8-3-2-4-9-16/h2-12,17H,13-14H2,1H3,(H,22,23). The number of benzene rings is 1. The summed E-state index contributed by atoms with van der Waals surface area (Å²) in [6.45, 7) is 2.43. The number of nitrogens with zero attached hydrogens (tertiary/aromatic N) is 1. The third kappa shape index (κ3) is 3.90. The lowest BCUT2D eigenvalue weighted by molar-refractivity contribution is -0.121. The Hall–Kier alpha value is -2.88. The van der Waals surface area contributed by atoms with Crippen molar-refractivity contribution in [2.24, 2.45) is 0 Å². The van der Waals surface area contributed by atoms with Gasteiger partial charge in [-0.25, -0.2) is 0 Å². The number of nitrogens with one attached hydrogen (secondary N) is 1. The fraction of sp³-hybridized carbons (Fsp3) is 0.200. The van der Waals surface area contributed by atoms with Crippen LogP contribution in [0, 0.1) is 6.92 Å². The van der Waals surface area contributed by atoms with Gasteiger partial charge in [0.05, 0.1) is 24.4 Å². The Morgan fingerprint density at radius 2 is 1.96 bits per heavy atom. The third-order valence-electron chi connectivity index (χ3n) is 4.05. The molecule has 0 spiro atoms. The summed E-state index contributed by atoms with van der Waals surface area (Å²) in [5.41, 5.74) is 3.03. The first-order valence-electron chi connectivity index (χ1n) is 7.99. The van der Waals surface area contributed by atoms with Crippen LogP contribution in [0.4, 0.5) is 0 Å². The Balaban J connectivity index is 1.69. The highest BCUT2D eigenvalue weighted by molar-refractivity contribution is 5.77. The number of aromatic nitrogens is 1. The quantitative estimate of drug-likeness (QED) is 0.751. The van der Waals surface area contributed by atoms with E-state index in [0.29, 0.717) is 13.0 Å². The SMILES string of the molecule is Cc1cccnc1CNC(=O)CC(c1ccccc1)c1ccco1. The molecule has 0 saturated heterocycles. The molecule has 3 aromatic rings. The van der Waals surface area contributed by atoms with Crippen LogP contribution in [-0.2, 0) is 11.3 Å². The van der Waals surface area contributed by atoms with Crippen molar-refractivity contribution in [2.45, 2.75) is 25.8 Å². The van der Waals surface area contributed by atoms with Gasteiger partial charge in [-0.05, 0) is 36.2 Å². The largest absolute Gasteiger partial charge is 0.469 e. The zero-order valence-electron chi connectivity index (χ0n) is 13.6. The van der Waals surface area contributed by atoms with Crippen LogP contribution in [0.15, 0.2) is 71.5 Å². The Bertz CT molecular complexity index is 782. The fourth-order valence-electron chi connectivity index (χ4n) is 2.70. The van der Waals surface area contributed by atoms with Crippen molar-refractivity contribution in [3.63, 3.8) is 0 Å². The number of hydrogen-bond acceptors (Lipinski definition) is 3. The van der Waals surface area contributed by atoms with Gasteiger partial charge in [0.1, 0.15) is 5.76 Å². The van der Waals surface area contributed by atoms with Gasteiger partial charge in [-0.15, -0.1) is 0 Å². The molecular formula is C20H20N2O2. The molecule has 122 valence electrons. The number of aryl methyl sites for hydroxylation is 1. The number of pyridine rings is 1. The molecule has 0 fully saturated rings. The van der Waals surface area contributed by atoms with Crippen LogP contribution in [-0.4, -0.2) is 10.9 Å². The molecule has 3 rings (SSSR count). The number of furan rings is 1. The van der Waals surface area contributed by atoms with E-state index in [1.54, 1.807) is 12.5 Å². The second-order valence-corrected chi connectivity index (χ2v) is 5.73. The molecule has 24 heavy (non-hydrogen) atoms. The molecule has 0 bridgehead atoms. The molecule has 2 heterocycles. The number of carbonyl (C=O) groups is 1. The smallest absolute Gasteiger partial charge is 0.221 e. The number of amides is 1. The highest BCUT2D eigenvalue weighted by Crippen LogP contribution is 2.28. The molecule has 0 radical (unpaired) electrons. The van der Waals surface area contributed by atoms with Crippen molar-refractivity contribution in [3.05, 3.63) is 89.6 Å². The van der Waals surface area contributed by atoms with Crippen molar-refractivity contribution >= 4 is 5.91 Å². The molecule has 1 unspecified atom stereocenters. The van der Waals surface area contributed by atoms with Gasteiger partial charge in [-0.3, -0.25) is 9.78 Å². The molecule has 0 aliphatic carbocycles. The second-order valence-electron chi connectivity index (χ2n) is 5.73. The van der Waals surface area contributed by atoms with E-state index in [4.69, 9.17) is 4.42 Å². The van der Waals surface area contributed by atoms with E-state index in [1.807, 2.05) is 61.5 Å². The van der Waals surface area contributed by atoms with Crippen LogP contribution in [0.3, 0.4) is 0 Å². The van der Waals surface area contributed by atoms with Gasteiger partial charge >= 0.3 is 0 Å². The first-order valence-corrected chi connectivity index (χ1v) is 7.99. The maximum absolute atomic E-state index is 12.4. The Labute approximate surface area is 141 Å². The maximum atomic E-state index is 12.4. The summed E-state index contributed by atoms with van der Waals surface area (Å²) in [7, 11) is 0. The average molecular weight is 320 g/mol. The predicted octanol–water partition coefficient (Wildman–Crippen LogP) is 3.82. The summed E-state index contributed by atoms with van der Waals surface area (Å²) in [4.78, 5) is 16.7. The van der Waals surface area contributed by atoms with Gasteiger partial charge in [0, 0.05) is 12.6 Å². The normalized spacial score (nSPS) is 11.9. The molecule has 4 nitrogen and oxygen atoms in total. The minimum absolute atomic E-state index is 0.0229. The van der Waals surface area contributed by atoms with Gasteiger partial charge in [0.25, 0.3) is 0 Å². The Morgan fingerprint density at radius 1 is 1.12 bits per heavy atom. The van der Waals surface area contributed by atoms with Crippen LogP contribution in [0.1, 0.15) is 34.9 Å². The van der Waals surface area contributed by atoms with Crippen molar-refractivity contribution in [3.8, 4) is 0 Å². The fourth-order valence-corrected chi connectivity index (χ4v) is 2.70. The minimum Gasteiger partial charge on any atom is -0.469 e. The lowest BCUT2D eigenvalue weighted by Gasteiger charge is -2.15. The predicted molar refractivity (Wildman–Crippen MR) is 92.4 cm³/mol. The van der Waals surface area contributed by atoms with Crippen molar-refractivity contribution in [1.82, 2.24) is 10.3 Å². The van der Waals surface area contributed by atoms with Gasteiger partial charge in [-0.1, -0.05) is 36.4 Å². The summed E-state index contributed by atoms with van der Waals surface area (Å²) in [6, 6.07) is 17.6. The number of rotatable bonds is 6. The van der Waals surface area contributed by atoms with Crippen LogP contribution in [0.25, 0.3) is 0 Å². The van der Waals surface area contributed by atoms with Crippen molar-refractivity contribution < 1.29 is 9.21 Å². The van der Waals surface area contributed by atoms with Crippen LogP contribution in [0.2, 0.25) is 0 Å². The zero-order valence-corrected chi connectivity index (χ0v) is 13.6. The monoisotopic (exact) mass is 320 g/mol. The van der Waals surface area contributed by atoms with E-state index in [1.165, 1.54) is 0 Å². The summed E-state index contributed by atoms with van der Waals surface area (Å²) in [6.07, 6.45) is 3.72. The average Bonchev–Trinajstić information content (AvgIpc) is 3.14. The Morgan fingerprint density at radius 3 is 2.67 bits per heavy atom. The summed E-state index contributed by atoms with van der Waals surface area (Å²) < 4.78 is 5.54. The first kappa shape index (κ1) is 16.0. The van der Waals surface area contributed by atoms with E-state index in [9.17, 15) is 4.79 Å². The van der Waals surface area contributed by atoms with Crippen molar-refractivity contribution in [2.75, 3.05) is 0 Å². The minimum atomic E-state index is -0.0916. The second kappa shape index (κ2) is 7.59. The van der Waals surface area contributed by atoms with Gasteiger partial charge in [-0.2, -0.15) is 0 Å². The molecule has 1 aromatic carbocycles. The van der Waals surface area contributed by atoms with Gasteiger partial charge in [0.15, 0.2) is 0 Å². The van der Waals surface area contributed by atoms with E-state index < -0.39 is 0 Å². The molecule has 4 heteroatoms. The highest BCUT2D eigenvalue weighted by atomic mass is 16.3. The van der Waals surface area contributed by atoms with Gasteiger partial charge < -0.3 is 9.73 Å². The zero-order chi connectivity index (χ0) is 16.8. The van der Waals surface area contributed by atoms with Crippen LogP contribution >= 0.6 is 0 Å². The van der Waals surface area contributed by atoms with Crippen LogP contribution < -0.4 is 5.32 Å². The van der Waals surface area contributed by atoms with E-state index in [2.05, 4.69) is 10.3 Å². The third-order valence-corrected chi connectivity index (χ3v) is 4.05. The van der Waals surface area contributed by atoms with E-state index in [0.717, 1.165) is 22.6 Å². The van der Waals surface area contributed by atoms with Gasteiger partial charge in [0.2, 0.25) is 5.91 Å². The molecule has 0 aliphatic rings. The highest BCUT2D eigenvalue weighted by Gasteiger charge is 2.20. The molecule has 1 N–H and O–H groups in total. The lowest BCUT2D eigenvalue weighted by atomic mass is 9.93. The topological polar surface area (TPSA) is 55.1 Å². The maximum Gasteiger partial charge on any atom is 0.221 e. The molecule has 1 atom stereocenters. The van der Waals surface area contributed by atoms with E-state index >= 15 is 0 Å². The molecule has 2 aromatic heterocycles. The summed E-state index contributed by atoms with van der Waals surface area (Å²) in [5.74, 6) is 0.682. The molecule has 0 aliphatic heterocycles. The summed E-state index contributed by atoms with van der Waals surface area (Å²) >= 11 is 0. The molecule has 0 saturated carbocycles. The lowest BCUT2D eigenvalue weighted by Crippen LogP contribution is -2.25. The molecular weight excluding hydrogens is 300 g/mol. The first-order chi connectivity index (χ1) is 11.7. The molecule has 1 amide bonds. The van der Waals surface area contributed by atoms with Crippen molar-refractivity contribution in [1.29, 1.82) is 0 Å². The number of carbonyl (C=O) groups excluding carboxylic acids is 1. The van der Waals surface area contributed by atoms with E-state index in [-0.39, 0.29) is 11.8 Å². The Kier molecular flexibility index (Phi) is 5.06. The summed E-state index contributed by atoms with van der Waals surface area (Å²) in [5, 5.41) is 2.96. The van der Waals surface area contributed by atoms with Crippen LogP contribution in [0.5, 0.6) is 0 Å². The number of hydrogen-bond donors (Lipinski definition) is 1.